The number of aliphatic hydroxyl groups excluding tert-OH is 1. The summed E-state index contributed by atoms with van der Waals surface area (Å²) in [5.41, 5.74) is 1.98. The number of aliphatic hydroxyl groups is 1. The van der Waals surface area contributed by atoms with Gasteiger partial charge in [-0.2, -0.15) is 0 Å². The highest BCUT2D eigenvalue weighted by molar-refractivity contribution is 5.89. The lowest BCUT2D eigenvalue weighted by atomic mass is 9.81. The van der Waals surface area contributed by atoms with Crippen molar-refractivity contribution in [1.29, 1.82) is 0 Å². The second-order valence-electron chi connectivity index (χ2n) is 4.63. The topological polar surface area (TPSA) is 50.4 Å². The Bertz CT molecular complexity index is 514. The van der Waals surface area contributed by atoms with Gasteiger partial charge >= 0.3 is 0 Å². The van der Waals surface area contributed by atoms with Crippen molar-refractivity contribution in [2.24, 2.45) is 0 Å². The van der Waals surface area contributed by atoms with E-state index in [-0.39, 0.29) is 17.8 Å². The Labute approximate surface area is 99.4 Å². The van der Waals surface area contributed by atoms with E-state index in [9.17, 15) is 9.90 Å². The molecule has 0 aromatic rings. The number of carbonyl (C=O) groups is 1. The average molecular weight is 230 g/mol. The van der Waals surface area contributed by atoms with E-state index in [1.165, 1.54) is 0 Å². The first-order valence-electron chi connectivity index (χ1n) is 5.92. The molecule has 0 bridgehead atoms. The molecule has 3 nitrogen and oxygen atoms in total. The van der Waals surface area contributed by atoms with Gasteiger partial charge in [-0.3, -0.25) is 4.79 Å². The second kappa shape index (κ2) is 4.00. The predicted octanol–water partition coefficient (Wildman–Crippen LogP) is 2.58. The first-order valence-corrected chi connectivity index (χ1v) is 5.92. The maximum absolute atomic E-state index is 11.9. The Morgan fingerprint density at radius 3 is 3.06 bits per heavy atom. The minimum Gasteiger partial charge on any atom is -0.464 e. The van der Waals surface area contributed by atoms with Crippen molar-refractivity contribution in [2.75, 3.05) is 0 Å². The quantitative estimate of drug-likeness (QED) is 0.819. The molecular formula is C14H14O3. The summed E-state index contributed by atoms with van der Waals surface area (Å²) in [6.07, 6.45) is 2.88. The van der Waals surface area contributed by atoms with Crippen LogP contribution in [0.5, 0.6) is 0 Å². The molecule has 0 aromatic heterocycles. The van der Waals surface area contributed by atoms with Gasteiger partial charge in [-0.15, -0.1) is 0 Å². The van der Waals surface area contributed by atoms with Crippen molar-refractivity contribution in [2.45, 2.75) is 31.3 Å². The fourth-order valence-corrected chi connectivity index (χ4v) is 2.63. The van der Waals surface area contributed by atoms with Gasteiger partial charge in [0.2, 0.25) is 0 Å². The molecule has 0 aromatic carbocycles. The first-order chi connectivity index (χ1) is 8.25. The van der Waals surface area contributed by atoms with Gasteiger partial charge in [0.05, 0.1) is 12.4 Å². The maximum Gasteiger partial charge on any atom is 0.140 e. The van der Waals surface area contributed by atoms with Crippen LogP contribution in [0, 0.1) is 0 Å². The largest absolute Gasteiger partial charge is 0.464 e. The maximum atomic E-state index is 11.9. The summed E-state index contributed by atoms with van der Waals surface area (Å²) in [6, 6.07) is 7.62. The summed E-state index contributed by atoms with van der Waals surface area (Å²) < 4.78 is 5.37. The lowest BCUT2D eigenvalue weighted by Gasteiger charge is -2.25. The first kappa shape index (κ1) is 10.5. The van der Waals surface area contributed by atoms with Gasteiger partial charge < -0.3 is 9.52 Å². The van der Waals surface area contributed by atoms with Gasteiger partial charge in [-0.05, 0) is 36.6 Å². The third-order valence-corrected chi connectivity index (χ3v) is 3.52. The lowest BCUT2D eigenvalue weighted by Crippen LogP contribution is -2.26. The Kier molecular flexibility index (Phi) is 2.48. The Balaban J connectivity index is 2.00. The van der Waals surface area contributed by atoms with Crippen LogP contribution in [0.1, 0.15) is 30.7 Å². The van der Waals surface area contributed by atoms with Gasteiger partial charge in [-0.25, -0.2) is 0 Å². The fraction of sp³-hybridized carbons (Fsp3) is 0.357. The van der Waals surface area contributed by atoms with E-state index in [2.05, 4.69) is 0 Å². The molecule has 3 rings (SSSR count). The van der Waals surface area contributed by atoms with Crippen molar-refractivity contribution in [1.82, 2.24) is 0 Å². The number of ketones is 1. The highest BCUT2D eigenvalue weighted by atomic mass is 16.3. The summed E-state index contributed by atoms with van der Waals surface area (Å²) in [7, 11) is 0. The van der Waals surface area contributed by atoms with Crippen LogP contribution < -0.4 is 0 Å². The monoisotopic (exact) mass is 230 g/mol. The minimum absolute atomic E-state index is 0.172. The molecule has 1 aliphatic heterocycles. The number of rotatable bonds is 1. The summed E-state index contributed by atoms with van der Waals surface area (Å²) in [6.45, 7) is 0. The van der Waals surface area contributed by atoms with Crippen molar-refractivity contribution in [3.63, 3.8) is 0 Å². The molecule has 1 fully saturated rings. The molecular weight excluding hydrogens is 216 g/mol. The molecule has 2 aliphatic carbocycles. The number of hydrogen-bond donors (Lipinski definition) is 1. The number of fused-ring (bicyclic) bond motifs is 1. The van der Waals surface area contributed by atoms with Crippen LogP contribution in [0.4, 0.5) is 0 Å². The van der Waals surface area contributed by atoms with Gasteiger partial charge in [0, 0.05) is 17.9 Å². The Morgan fingerprint density at radius 1 is 1.29 bits per heavy atom. The predicted molar refractivity (Wildman–Crippen MR) is 62.9 cm³/mol. The molecule has 1 heterocycles. The smallest absolute Gasteiger partial charge is 0.140 e. The molecule has 2 atom stereocenters. The molecule has 0 amide bonds. The number of hydrogen-bond acceptors (Lipinski definition) is 3. The molecule has 0 spiro atoms. The van der Waals surface area contributed by atoms with Crippen molar-refractivity contribution < 1.29 is 14.3 Å². The van der Waals surface area contributed by atoms with Gasteiger partial charge in [0.1, 0.15) is 11.5 Å². The van der Waals surface area contributed by atoms with Crippen LogP contribution >= 0.6 is 0 Å². The van der Waals surface area contributed by atoms with Crippen LogP contribution in [0.2, 0.25) is 0 Å². The van der Waals surface area contributed by atoms with Gasteiger partial charge in [0.15, 0.2) is 0 Å². The van der Waals surface area contributed by atoms with Crippen molar-refractivity contribution in [3.8, 4) is 11.3 Å². The highest BCUT2D eigenvalue weighted by Gasteiger charge is 2.31. The van der Waals surface area contributed by atoms with E-state index in [4.69, 9.17) is 4.42 Å². The lowest BCUT2D eigenvalue weighted by molar-refractivity contribution is -0.123. The highest BCUT2D eigenvalue weighted by Crippen LogP contribution is 2.38. The van der Waals surface area contributed by atoms with E-state index >= 15 is 0 Å². The van der Waals surface area contributed by atoms with Crippen LogP contribution in [0.3, 0.4) is 0 Å². The molecule has 3 aliphatic rings. The zero-order valence-electron chi connectivity index (χ0n) is 9.43. The molecule has 1 saturated carbocycles. The second-order valence-corrected chi connectivity index (χ2v) is 4.63. The summed E-state index contributed by atoms with van der Waals surface area (Å²) >= 11 is 0. The SMILES string of the molecule is O=C1CCC(O)CC1c1ccc2occcc1-2. The molecule has 0 saturated heterocycles. The Morgan fingerprint density at radius 2 is 2.18 bits per heavy atom. The number of Topliss-reactive ketones (excluding diaryl/α,β-unsaturated/α-hetero) is 1. The standard InChI is InChI=1S/C14H14O3/c15-9-3-5-13(16)12(8-9)10-4-6-14-11(10)2-1-7-17-14/h1-2,4,6-7,9,12,15H,3,5,8H2. The van der Waals surface area contributed by atoms with Crippen LogP contribution in [-0.2, 0) is 4.79 Å². The van der Waals surface area contributed by atoms with Crippen LogP contribution in [0.25, 0.3) is 11.3 Å². The molecule has 17 heavy (non-hydrogen) atoms. The normalized spacial score (nSPS) is 25.4. The summed E-state index contributed by atoms with van der Waals surface area (Å²) in [5, 5.41) is 9.69. The third kappa shape index (κ3) is 1.76. The third-order valence-electron chi connectivity index (χ3n) is 3.52. The minimum atomic E-state index is -0.358. The van der Waals surface area contributed by atoms with E-state index in [0.29, 0.717) is 19.3 Å². The van der Waals surface area contributed by atoms with E-state index in [0.717, 1.165) is 16.9 Å². The summed E-state index contributed by atoms with van der Waals surface area (Å²) in [4.78, 5) is 11.9. The number of carbonyl (C=O) groups excluding carboxylic acids is 1. The van der Waals surface area contributed by atoms with Crippen LogP contribution in [0.15, 0.2) is 34.9 Å². The average Bonchev–Trinajstić information content (AvgIpc) is 2.76. The van der Waals surface area contributed by atoms with Gasteiger partial charge in [0.25, 0.3) is 0 Å². The van der Waals surface area contributed by atoms with E-state index in [1.807, 2.05) is 24.3 Å². The van der Waals surface area contributed by atoms with E-state index in [1.54, 1.807) is 6.26 Å². The zero-order valence-corrected chi connectivity index (χ0v) is 9.43. The molecule has 1 N–H and O–H groups in total. The van der Waals surface area contributed by atoms with Crippen LogP contribution in [-0.4, -0.2) is 17.0 Å². The molecule has 88 valence electrons. The fourth-order valence-electron chi connectivity index (χ4n) is 2.63. The Hall–Kier alpha value is -1.61. The van der Waals surface area contributed by atoms with Crippen molar-refractivity contribution in [3.05, 3.63) is 36.1 Å². The van der Waals surface area contributed by atoms with Gasteiger partial charge in [-0.1, -0.05) is 6.07 Å². The molecule has 0 radical (unpaired) electrons. The zero-order chi connectivity index (χ0) is 11.8. The molecule has 2 unspecified atom stereocenters. The van der Waals surface area contributed by atoms with Crippen molar-refractivity contribution >= 4 is 5.78 Å². The molecule has 3 heteroatoms. The van der Waals surface area contributed by atoms with E-state index < -0.39 is 0 Å². The summed E-state index contributed by atoms with van der Waals surface area (Å²) in [5.74, 6) is 0.857.